The van der Waals surface area contributed by atoms with E-state index in [4.69, 9.17) is 9.47 Å². The molecule has 6 nitrogen and oxygen atoms in total. The van der Waals surface area contributed by atoms with Gasteiger partial charge < -0.3 is 19.7 Å². The van der Waals surface area contributed by atoms with Crippen molar-refractivity contribution in [2.45, 2.75) is 13.1 Å². The first-order chi connectivity index (χ1) is 15.1. The Balaban J connectivity index is 2.08. The Labute approximate surface area is 185 Å². The zero-order chi connectivity index (χ0) is 23.5. The van der Waals surface area contributed by atoms with E-state index in [0.717, 1.165) is 23.9 Å². The predicted octanol–water partition coefficient (Wildman–Crippen LogP) is 5.61. The molecule has 0 fully saturated rings. The van der Waals surface area contributed by atoms with E-state index in [1.165, 1.54) is 37.5 Å². The van der Waals surface area contributed by atoms with Crippen molar-refractivity contribution in [1.82, 2.24) is 0 Å². The van der Waals surface area contributed by atoms with E-state index in [9.17, 15) is 28.2 Å². The monoisotopic (exact) mass is 465 g/mol. The van der Waals surface area contributed by atoms with Crippen LogP contribution in [0.2, 0.25) is 0 Å². The third kappa shape index (κ3) is 5.08. The molecule has 168 valence electrons. The Morgan fingerprint density at radius 3 is 2.59 bits per heavy atom. The quantitative estimate of drug-likeness (QED) is 0.558. The van der Waals surface area contributed by atoms with Crippen LogP contribution in [0.15, 0.2) is 63.7 Å². The Kier molecular flexibility index (Phi) is 6.83. The SMILES string of the molecule is CCOC(=O)C1=C(O)C(=Cc2ccc(O)cc2OC)SC1=Nc1cccc(C(F)(F)F)c1. The molecule has 0 spiro atoms. The number of hydrogen-bond donors (Lipinski definition) is 2. The summed E-state index contributed by atoms with van der Waals surface area (Å²) in [6.07, 6.45) is -3.05. The molecule has 3 rings (SSSR count). The molecule has 0 aliphatic carbocycles. The standard InChI is InChI=1S/C22H18F3NO5S/c1-3-31-21(29)18-19(28)17(9-12-7-8-15(27)11-16(12)30-2)32-20(18)26-14-6-4-5-13(10-14)22(23,24)25/h4-11,27-28H,3H2,1-2H3. The summed E-state index contributed by atoms with van der Waals surface area (Å²) in [6.45, 7) is 1.61. The van der Waals surface area contributed by atoms with Gasteiger partial charge in [0.05, 0.1) is 29.9 Å². The van der Waals surface area contributed by atoms with Gasteiger partial charge in [0, 0.05) is 11.6 Å². The van der Waals surface area contributed by atoms with Crippen molar-refractivity contribution in [2.75, 3.05) is 13.7 Å². The number of aliphatic imine (C=N–C) groups is 1. The number of nitrogens with zero attached hydrogens (tertiary/aromatic N) is 1. The maximum atomic E-state index is 13.0. The molecule has 0 saturated heterocycles. The number of rotatable bonds is 5. The molecule has 1 heterocycles. The molecule has 0 radical (unpaired) electrons. The first kappa shape index (κ1) is 23.3. The van der Waals surface area contributed by atoms with Gasteiger partial charge in [0.25, 0.3) is 0 Å². The summed E-state index contributed by atoms with van der Waals surface area (Å²) < 4.78 is 49.3. The van der Waals surface area contributed by atoms with Gasteiger partial charge in [0.15, 0.2) is 0 Å². The highest BCUT2D eigenvalue weighted by Gasteiger charge is 2.34. The Morgan fingerprint density at radius 1 is 1.19 bits per heavy atom. The van der Waals surface area contributed by atoms with Crippen LogP contribution in [0.1, 0.15) is 18.1 Å². The summed E-state index contributed by atoms with van der Waals surface area (Å²) in [5.41, 5.74) is -0.695. The maximum Gasteiger partial charge on any atom is 0.416 e. The molecule has 0 atom stereocenters. The van der Waals surface area contributed by atoms with E-state index in [2.05, 4.69) is 4.99 Å². The van der Waals surface area contributed by atoms with E-state index in [1.807, 2.05) is 0 Å². The molecule has 2 N–H and O–H groups in total. The molecular weight excluding hydrogens is 447 g/mol. The minimum absolute atomic E-state index is 0.00994. The molecule has 0 bridgehead atoms. The number of hydrogen-bond acceptors (Lipinski definition) is 7. The minimum Gasteiger partial charge on any atom is -0.508 e. The van der Waals surface area contributed by atoms with Crippen molar-refractivity contribution >= 4 is 34.5 Å². The van der Waals surface area contributed by atoms with Gasteiger partial charge in [-0.15, -0.1) is 0 Å². The number of aliphatic hydroxyl groups is 1. The van der Waals surface area contributed by atoms with E-state index in [0.29, 0.717) is 11.3 Å². The van der Waals surface area contributed by atoms with Gasteiger partial charge >= 0.3 is 12.1 Å². The lowest BCUT2D eigenvalue weighted by molar-refractivity contribution is -0.138. The van der Waals surface area contributed by atoms with Crippen LogP contribution in [0.25, 0.3) is 6.08 Å². The van der Waals surface area contributed by atoms with Gasteiger partial charge in [-0.2, -0.15) is 13.2 Å². The topological polar surface area (TPSA) is 88.4 Å². The van der Waals surface area contributed by atoms with Crippen LogP contribution in [-0.2, 0) is 15.7 Å². The summed E-state index contributed by atoms with van der Waals surface area (Å²) in [5.74, 6) is -0.993. The summed E-state index contributed by atoms with van der Waals surface area (Å²) in [6, 6.07) is 8.64. The van der Waals surface area contributed by atoms with Crippen LogP contribution in [-0.4, -0.2) is 34.9 Å². The van der Waals surface area contributed by atoms with Gasteiger partial charge in [-0.25, -0.2) is 9.79 Å². The van der Waals surface area contributed by atoms with E-state index >= 15 is 0 Å². The van der Waals surface area contributed by atoms with E-state index < -0.39 is 23.5 Å². The first-order valence-corrected chi connectivity index (χ1v) is 10.1. The molecule has 10 heteroatoms. The highest BCUT2D eigenvalue weighted by Crippen LogP contribution is 2.42. The zero-order valence-corrected chi connectivity index (χ0v) is 17.8. The second-order valence-corrected chi connectivity index (χ2v) is 7.48. The molecular formula is C22H18F3NO5S. The van der Waals surface area contributed by atoms with Gasteiger partial charge in [-0.1, -0.05) is 17.8 Å². The van der Waals surface area contributed by atoms with Crippen molar-refractivity contribution in [1.29, 1.82) is 0 Å². The second-order valence-electron chi connectivity index (χ2n) is 6.45. The van der Waals surface area contributed by atoms with E-state index in [1.54, 1.807) is 13.0 Å². The molecule has 0 amide bonds. The van der Waals surface area contributed by atoms with E-state index in [-0.39, 0.29) is 33.6 Å². The lowest BCUT2D eigenvalue weighted by Crippen LogP contribution is -2.13. The number of carbonyl (C=O) groups excluding carboxylic acids is 1. The second kappa shape index (κ2) is 9.39. The van der Waals surface area contributed by atoms with Crippen LogP contribution in [0.5, 0.6) is 11.5 Å². The van der Waals surface area contributed by atoms with Gasteiger partial charge in [0.2, 0.25) is 0 Å². The summed E-state index contributed by atoms with van der Waals surface area (Å²) in [7, 11) is 1.40. The number of carbonyl (C=O) groups is 1. The maximum absolute atomic E-state index is 13.0. The number of alkyl halides is 3. The Morgan fingerprint density at radius 2 is 1.94 bits per heavy atom. The molecule has 1 aliphatic heterocycles. The number of aromatic hydroxyl groups is 1. The van der Waals surface area contributed by atoms with Crippen LogP contribution >= 0.6 is 11.8 Å². The fourth-order valence-electron chi connectivity index (χ4n) is 2.82. The van der Waals surface area contributed by atoms with Gasteiger partial charge in [0.1, 0.15) is 27.9 Å². The van der Waals surface area contributed by atoms with Crippen molar-refractivity contribution in [3.05, 3.63) is 69.8 Å². The smallest absolute Gasteiger partial charge is 0.416 e. The van der Waals surface area contributed by atoms with Crippen LogP contribution in [0.3, 0.4) is 0 Å². The third-order valence-electron chi connectivity index (χ3n) is 4.28. The number of esters is 1. The number of phenolic OH excluding ortho intramolecular Hbond substituents is 1. The van der Waals surface area contributed by atoms with Crippen LogP contribution in [0.4, 0.5) is 18.9 Å². The molecule has 2 aromatic carbocycles. The van der Waals surface area contributed by atoms with Crippen LogP contribution < -0.4 is 4.74 Å². The number of thioether (sulfide) groups is 1. The molecule has 2 aromatic rings. The van der Waals surface area contributed by atoms with Crippen molar-refractivity contribution in [3.63, 3.8) is 0 Å². The number of methoxy groups -OCH3 is 1. The predicted molar refractivity (Wildman–Crippen MR) is 115 cm³/mol. The lowest BCUT2D eigenvalue weighted by Gasteiger charge is -2.07. The molecule has 0 saturated carbocycles. The highest BCUT2D eigenvalue weighted by atomic mass is 32.2. The van der Waals surface area contributed by atoms with Gasteiger partial charge in [-0.3, -0.25) is 0 Å². The number of ether oxygens (including phenoxy) is 2. The average Bonchev–Trinajstić information content (AvgIpc) is 3.03. The average molecular weight is 465 g/mol. The van der Waals surface area contributed by atoms with Crippen LogP contribution in [0, 0.1) is 0 Å². The summed E-state index contributed by atoms with van der Waals surface area (Å²) >= 11 is 0.894. The molecule has 32 heavy (non-hydrogen) atoms. The fraction of sp³-hybridized carbons (Fsp3) is 0.182. The van der Waals surface area contributed by atoms with Gasteiger partial charge in [-0.05, 0) is 43.3 Å². The van der Waals surface area contributed by atoms with Crippen molar-refractivity contribution in [3.8, 4) is 11.5 Å². The molecule has 0 aromatic heterocycles. The minimum atomic E-state index is -4.55. The molecule has 0 unspecified atom stereocenters. The Bertz CT molecular complexity index is 1140. The zero-order valence-electron chi connectivity index (χ0n) is 16.9. The largest absolute Gasteiger partial charge is 0.508 e. The lowest BCUT2D eigenvalue weighted by atomic mass is 10.1. The number of phenols is 1. The number of aliphatic hydroxyl groups excluding tert-OH is 1. The third-order valence-corrected chi connectivity index (χ3v) is 5.30. The highest BCUT2D eigenvalue weighted by molar-refractivity contribution is 8.18. The number of benzene rings is 2. The normalized spacial score (nSPS) is 16.7. The van der Waals surface area contributed by atoms with Crippen molar-refractivity contribution < 1.29 is 37.7 Å². The van der Waals surface area contributed by atoms with Crippen molar-refractivity contribution in [2.24, 2.45) is 4.99 Å². The first-order valence-electron chi connectivity index (χ1n) is 9.27. The Hall–Kier alpha value is -3.40. The summed E-state index contributed by atoms with van der Waals surface area (Å²) in [4.78, 5) is 16.8. The molecule has 1 aliphatic rings. The fourth-order valence-corrected chi connectivity index (χ4v) is 3.85. The number of halogens is 3. The summed E-state index contributed by atoms with van der Waals surface area (Å²) in [5, 5.41) is 20.3.